The molecule has 0 aliphatic carbocycles. The molecule has 1 atom stereocenters. The van der Waals surface area contributed by atoms with E-state index < -0.39 is 29.3 Å². The van der Waals surface area contributed by atoms with E-state index in [2.05, 4.69) is 15.8 Å². The van der Waals surface area contributed by atoms with E-state index in [4.69, 9.17) is 4.52 Å². The third-order valence-corrected chi connectivity index (χ3v) is 5.21. The maximum absolute atomic E-state index is 13.3. The predicted octanol–water partition coefficient (Wildman–Crippen LogP) is 2.56. The van der Waals surface area contributed by atoms with Crippen LogP contribution in [0.15, 0.2) is 63.9 Å². The van der Waals surface area contributed by atoms with E-state index in [9.17, 15) is 23.6 Å². The number of amides is 2. The molecule has 10 heteroatoms. The van der Waals surface area contributed by atoms with Crippen molar-refractivity contribution in [3.05, 3.63) is 76.5 Å². The van der Waals surface area contributed by atoms with Crippen molar-refractivity contribution in [1.82, 2.24) is 20.4 Å². The van der Waals surface area contributed by atoms with Gasteiger partial charge in [-0.25, -0.2) is 13.8 Å². The lowest BCUT2D eigenvalue weighted by Gasteiger charge is -2.20. The van der Waals surface area contributed by atoms with Crippen molar-refractivity contribution >= 4 is 17.6 Å². The second-order valence-electron chi connectivity index (χ2n) is 8.45. The van der Waals surface area contributed by atoms with Crippen LogP contribution in [-0.2, 0) is 16.1 Å². The minimum atomic E-state index is -0.852. The molecule has 184 valence electrons. The van der Waals surface area contributed by atoms with Gasteiger partial charge in [0.1, 0.15) is 5.82 Å². The summed E-state index contributed by atoms with van der Waals surface area (Å²) in [5, 5.41) is 9.08. The highest BCUT2D eigenvalue weighted by Crippen LogP contribution is 2.17. The Balaban J connectivity index is 1.63. The number of carbonyl (C=O) groups excluding carboxylic acids is 3. The number of nitrogens with one attached hydrogen (secondary N) is 2. The molecule has 0 aliphatic heterocycles. The first kappa shape index (κ1) is 25.5. The Morgan fingerprint density at radius 3 is 2.40 bits per heavy atom. The number of benzene rings is 2. The van der Waals surface area contributed by atoms with E-state index in [1.54, 1.807) is 30.3 Å². The third-order valence-electron chi connectivity index (χ3n) is 5.21. The summed E-state index contributed by atoms with van der Waals surface area (Å²) in [4.78, 5) is 49.9. The van der Waals surface area contributed by atoms with E-state index in [0.717, 1.165) is 4.57 Å². The molecular weight excluding hydrogens is 455 g/mol. The summed E-state index contributed by atoms with van der Waals surface area (Å²) in [6.07, 6.45) is 0.335. The van der Waals surface area contributed by atoms with Crippen LogP contribution in [0, 0.1) is 11.7 Å². The van der Waals surface area contributed by atoms with Crippen molar-refractivity contribution in [2.45, 2.75) is 39.3 Å². The first-order chi connectivity index (χ1) is 16.7. The van der Waals surface area contributed by atoms with Crippen LogP contribution in [0.25, 0.3) is 11.4 Å². The Hall–Kier alpha value is -4.08. The largest absolute Gasteiger partial charge is 0.442 e. The first-order valence-corrected chi connectivity index (χ1v) is 11.2. The molecule has 0 spiro atoms. The number of rotatable bonds is 11. The van der Waals surface area contributed by atoms with Gasteiger partial charge in [-0.05, 0) is 48.7 Å². The highest BCUT2D eigenvalue weighted by Gasteiger charge is 2.25. The van der Waals surface area contributed by atoms with Crippen LogP contribution in [0.1, 0.15) is 37.0 Å². The van der Waals surface area contributed by atoms with E-state index in [-0.39, 0.29) is 37.2 Å². The quantitative estimate of drug-likeness (QED) is 0.433. The maximum atomic E-state index is 13.3. The van der Waals surface area contributed by atoms with E-state index in [0.29, 0.717) is 17.5 Å². The predicted molar refractivity (Wildman–Crippen MR) is 126 cm³/mol. The van der Waals surface area contributed by atoms with Crippen molar-refractivity contribution in [3.8, 4) is 11.4 Å². The number of nitrogens with zero attached hydrogens (tertiary/aromatic N) is 2. The van der Waals surface area contributed by atoms with Crippen molar-refractivity contribution < 1.29 is 23.3 Å². The average Bonchev–Trinajstić information content (AvgIpc) is 3.19. The summed E-state index contributed by atoms with van der Waals surface area (Å²) in [6, 6.07) is 13.0. The zero-order valence-corrected chi connectivity index (χ0v) is 19.5. The molecule has 2 N–H and O–H groups in total. The van der Waals surface area contributed by atoms with E-state index >= 15 is 0 Å². The van der Waals surface area contributed by atoms with Gasteiger partial charge in [-0.15, -0.1) is 0 Å². The lowest BCUT2D eigenvalue weighted by molar-refractivity contribution is -0.128. The number of aromatic nitrogens is 2. The zero-order valence-electron chi connectivity index (χ0n) is 19.5. The minimum absolute atomic E-state index is 0.0194. The number of Topliss-reactive ketones (excluding diaryl/α,β-unsaturated/α-hetero) is 1. The highest BCUT2D eigenvalue weighted by atomic mass is 19.1. The van der Waals surface area contributed by atoms with Crippen LogP contribution in [0.4, 0.5) is 4.39 Å². The molecule has 0 saturated carbocycles. The molecule has 0 aliphatic rings. The van der Waals surface area contributed by atoms with Gasteiger partial charge in [-0.3, -0.25) is 18.9 Å². The van der Waals surface area contributed by atoms with Crippen molar-refractivity contribution in [1.29, 1.82) is 0 Å². The average molecular weight is 483 g/mol. The minimum Gasteiger partial charge on any atom is -0.352 e. The standard InChI is InChI=1S/C25H27FN4O5/c1-16(2)14-20(28-22(32)12-13-27-24(33)18-6-4-3-5-7-18)21(31)15-30-23(29-35-25(30)34)17-8-10-19(26)11-9-17/h3-11,16,20H,12-15H2,1-2H3,(H,27,33)(H,28,32)/t20-/m0/s1. The van der Waals surface area contributed by atoms with Crippen LogP contribution in [0.2, 0.25) is 0 Å². The van der Waals surface area contributed by atoms with Crippen LogP contribution < -0.4 is 16.4 Å². The van der Waals surface area contributed by atoms with Crippen LogP contribution >= 0.6 is 0 Å². The second-order valence-corrected chi connectivity index (χ2v) is 8.45. The molecule has 0 unspecified atom stereocenters. The van der Waals surface area contributed by atoms with Gasteiger partial charge in [0.15, 0.2) is 11.6 Å². The van der Waals surface area contributed by atoms with Crippen molar-refractivity contribution in [2.75, 3.05) is 6.54 Å². The number of hydrogen-bond donors (Lipinski definition) is 2. The molecule has 3 aromatic rings. The lowest BCUT2D eigenvalue weighted by atomic mass is 9.99. The molecule has 0 saturated heterocycles. The summed E-state index contributed by atoms with van der Waals surface area (Å²) in [5.41, 5.74) is 0.889. The summed E-state index contributed by atoms with van der Waals surface area (Å²) in [6.45, 7) is 3.53. The molecule has 2 aromatic carbocycles. The summed E-state index contributed by atoms with van der Waals surface area (Å²) >= 11 is 0. The summed E-state index contributed by atoms with van der Waals surface area (Å²) in [7, 11) is 0. The fourth-order valence-electron chi connectivity index (χ4n) is 3.47. The number of halogens is 1. The molecule has 2 amide bonds. The Morgan fingerprint density at radius 1 is 1.06 bits per heavy atom. The van der Waals surface area contributed by atoms with Gasteiger partial charge in [-0.2, -0.15) is 0 Å². The Bertz CT molecular complexity index is 1220. The van der Waals surface area contributed by atoms with Gasteiger partial charge in [0.2, 0.25) is 5.91 Å². The smallest absolute Gasteiger partial charge is 0.352 e. The molecule has 3 rings (SSSR count). The summed E-state index contributed by atoms with van der Waals surface area (Å²) in [5.74, 6) is -2.24. The lowest BCUT2D eigenvalue weighted by Crippen LogP contribution is -2.44. The van der Waals surface area contributed by atoms with E-state index in [1.807, 2.05) is 13.8 Å². The highest BCUT2D eigenvalue weighted by molar-refractivity contribution is 5.94. The van der Waals surface area contributed by atoms with Gasteiger partial charge < -0.3 is 10.6 Å². The molecule has 1 aromatic heterocycles. The van der Waals surface area contributed by atoms with Gasteiger partial charge in [0.25, 0.3) is 5.91 Å². The monoisotopic (exact) mass is 482 g/mol. The van der Waals surface area contributed by atoms with Gasteiger partial charge in [0, 0.05) is 24.1 Å². The van der Waals surface area contributed by atoms with Crippen LogP contribution in [0.5, 0.6) is 0 Å². The fourth-order valence-corrected chi connectivity index (χ4v) is 3.47. The Morgan fingerprint density at radius 2 is 1.74 bits per heavy atom. The molecule has 0 radical (unpaired) electrons. The van der Waals surface area contributed by atoms with E-state index in [1.165, 1.54) is 24.3 Å². The topological polar surface area (TPSA) is 123 Å². The number of hydrogen-bond acceptors (Lipinski definition) is 6. The van der Waals surface area contributed by atoms with Crippen molar-refractivity contribution in [3.63, 3.8) is 0 Å². The number of carbonyl (C=O) groups is 3. The first-order valence-electron chi connectivity index (χ1n) is 11.2. The SMILES string of the molecule is CC(C)C[C@H](NC(=O)CCNC(=O)c1ccccc1)C(=O)Cn1c(-c2ccc(F)cc2)noc1=O. The summed E-state index contributed by atoms with van der Waals surface area (Å²) < 4.78 is 19.0. The molecule has 9 nitrogen and oxygen atoms in total. The normalized spacial score (nSPS) is 11.8. The van der Waals surface area contributed by atoms with Crippen LogP contribution in [-0.4, -0.2) is 39.9 Å². The zero-order chi connectivity index (χ0) is 25.4. The van der Waals surface area contributed by atoms with Gasteiger partial charge >= 0.3 is 5.76 Å². The molecular formula is C25H27FN4O5. The molecule has 0 bridgehead atoms. The second kappa shape index (κ2) is 11.9. The molecule has 35 heavy (non-hydrogen) atoms. The van der Waals surface area contributed by atoms with Crippen molar-refractivity contribution in [2.24, 2.45) is 5.92 Å². The number of ketones is 1. The van der Waals surface area contributed by atoms with Gasteiger partial charge in [-0.1, -0.05) is 37.2 Å². The third kappa shape index (κ3) is 7.20. The Labute approximate surface area is 201 Å². The van der Waals surface area contributed by atoms with Gasteiger partial charge in [0.05, 0.1) is 12.6 Å². The molecule has 1 heterocycles. The maximum Gasteiger partial charge on any atom is 0.442 e. The molecule has 0 fully saturated rings. The van der Waals surface area contributed by atoms with Crippen LogP contribution in [0.3, 0.4) is 0 Å². The fraction of sp³-hybridized carbons (Fsp3) is 0.320. The Kier molecular flexibility index (Phi) is 8.66.